The summed E-state index contributed by atoms with van der Waals surface area (Å²) in [4.78, 5) is 25.9. The molecule has 1 N–H and O–H groups in total. The SMILES string of the molecule is Cn1cccc1C(=O)N1CCOc2ccccc2C1C(=O)O. The van der Waals surface area contributed by atoms with Crippen molar-refractivity contribution in [2.75, 3.05) is 13.2 Å². The smallest absolute Gasteiger partial charge is 0.331 e. The Hall–Kier alpha value is -2.76. The monoisotopic (exact) mass is 300 g/mol. The molecule has 22 heavy (non-hydrogen) atoms. The number of hydrogen-bond donors (Lipinski definition) is 1. The number of benzene rings is 1. The number of aromatic nitrogens is 1. The fourth-order valence-corrected chi connectivity index (χ4v) is 2.70. The maximum atomic E-state index is 12.7. The summed E-state index contributed by atoms with van der Waals surface area (Å²) in [5.74, 6) is -0.877. The van der Waals surface area contributed by atoms with Crippen molar-refractivity contribution in [3.8, 4) is 5.75 Å². The van der Waals surface area contributed by atoms with E-state index < -0.39 is 12.0 Å². The van der Waals surface area contributed by atoms with Gasteiger partial charge in [0, 0.05) is 18.8 Å². The van der Waals surface area contributed by atoms with E-state index in [9.17, 15) is 14.7 Å². The van der Waals surface area contributed by atoms with E-state index in [-0.39, 0.29) is 19.1 Å². The lowest BCUT2D eigenvalue weighted by Gasteiger charge is -2.27. The Morgan fingerprint density at radius 2 is 2.00 bits per heavy atom. The summed E-state index contributed by atoms with van der Waals surface area (Å²) < 4.78 is 7.27. The van der Waals surface area contributed by atoms with Gasteiger partial charge in [0.2, 0.25) is 0 Å². The molecular weight excluding hydrogens is 284 g/mol. The fourth-order valence-electron chi connectivity index (χ4n) is 2.70. The van der Waals surface area contributed by atoms with Crippen LogP contribution in [0.3, 0.4) is 0 Å². The number of rotatable bonds is 2. The highest BCUT2D eigenvalue weighted by Crippen LogP contribution is 2.33. The molecule has 0 aliphatic carbocycles. The maximum Gasteiger partial charge on any atom is 0.331 e. The number of fused-ring (bicyclic) bond motifs is 1. The molecule has 1 amide bonds. The lowest BCUT2D eigenvalue weighted by atomic mass is 10.0. The van der Waals surface area contributed by atoms with Crippen molar-refractivity contribution in [1.29, 1.82) is 0 Å². The Balaban J connectivity index is 2.05. The molecule has 0 bridgehead atoms. The minimum atomic E-state index is -1.07. The number of carbonyl (C=O) groups is 2. The van der Waals surface area contributed by atoms with Gasteiger partial charge in [-0.05, 0) is 18.2 Å². The zero-order chi connectivity index (χ0) is 15.7. The van der Waals surface area contributed by atoms with Crippen LogP contribution < -0.4 is 4.74 Å². The van der Waals surface area contributed by atoms with Gasteiger partial charge in [-0.3, -0.25) is 4.79 Å². The highest BCUT2D eigenvalue weighted by Gasteiger charge is 2.36. The van der Waals surface area contributed by atoms with Crippen molar-refractivity contribution in [3.05, 3.63) is 53.9 Å². The van der Waals surface area contributed by atoms with E-state index in [0.717, 1.165) is 0 Å². The Kier molecular flexibility index (Phi) is 3.58. The summed E-state index contributed by atoms with van der Waals surface area (Å²) in [6.45, 7) is 0.479. The van der Waals surface area contributed by atoms with Crippen LogP contribution in [0.4, 0.5) is 0 Å². The van der Waals surface area contributed by atoms with Gasteiger partial charge in [-0.15, -0.1) is 0 Å². The maximum absolute atomic E-state index is 12.7. The zero-order valence-electron chi connectivity index (χ0n) is 12.1. The summed E-state index contributed by atoms with van der Waals surface area (Å²) >= 11 is 0. The number of hydrogen-bond acceptors (Lipinski definition) is 3. The number of aliphatic carboxylic acids is 1. The molecule has 0 saturated carbocycles. The standard InChI is InChI=1S/C16H16N2O4/c1-17-8-4-6-12(17)15(19)18-9-10-22-13-7-3-2-5-11(13)14(18)16(20)21/h2-8,14H,9-10H2,1H3,(H,20,21). The van der Waals surface area contributed by atoms with E-state index >= 15 is 0 Å². The predicted molar refractivity (Wildman–Crippen MR) is 78.8 cm³/mol. The minimum absolute atomic E-state index is 0.218. The van der Waals surface area contributed by atoms with Crippen LogP contribution in [0.2, 0.25) is 0 Å². The summed E-state index contributed by atoms with van der Waals surface area (Å²) in [5.41, 5.74) is 0.945. The Morgan fingerprint density at radius 1 is 1.23 bits per heavy atom. The van der Waals surface area contributed by atoms with Crippen LogP contribution in [0.25, 0.3) is 0 Å². The van der Waals surface area contributed by atoms with E-state index in [4.69, 9.17) is 4.74 Å². The first-order valence-corrected chi connectivity index (χ1v) is 6.96. The quantitative estimate of drug-likeness (QED) is 0.916. The number of carbonyl (C=O) groups excluding carboxylic acids is 1. The molecule has 1 aliphatic heterocycles. The topological polar surface area (TPSA) is 71.8 Å². The molecule has 6 heteroatoms. The van der Waals surface area contributed by atoms with Gasteiger partial charge in [-0.25, -0.2) is 4.79 Å². The largest absolute Gasteiger partial charge is 0.491 e. The molecule has 114 valence electrons. The third-order valence-electron chi connectivity index (χ3n) is 3.77. The molecule has 1 unspecified atom stereocenters. The van der Waals surface area contributed by atoms with E-state index in [0.29, 0.717) is 17.0 Å². The van der Waals surface area contributed by atoms with Crippen LogP contribution in [0.5, 0.6) is 5.75 Å². The van der Waals surface area contributed by atoms with Crippen molar-refractivity contribution in [2.24, 2.45) is 7.05 Å². The molecule has 6 nitrogen and oxygen atoms in total. The predicted octanol–water partition coefficient (Wildman–Crippen LogP) is 1.69. The third kappa shape index (κ3) is 2.32. The molecule has 0 fully saturated rings. The van der Waals surface area contributed by atoms with Gasteiger partial charge in [0.1, 0.15) is 18.1 Å². The molecule has 2 heterocycles. The highest BCUT2D eigenvalue weighted by molar-refractivity contribution is 5.96. The molecule has 0 radical (unpaired) electrons. The molecule has 0 spiro atoms. The molecule has 3 rings (SSSR count). The number of ether oxygens (including phenoxy) is 1. The van der Waals surface area contributed by atoms with Gasteiger partial charge in [-0.1, -0.05) is 18.2 Å². The van der Waals surface area contributed by atoms with E-state index in [2.05, 4.69) is 0 Å². The first kappa shape index (κ1) is 14.2. The van der Waals surface area contributed by atoms with Crippen molar-refractivity contribution in [3.63, 3.8) is 0 Å². The number of nitrogens with zero attached hydrogens (tertiary/aromatic N) is 2. The van der Waals surface area contributed by atoms with Crippen LogP contribution in [-0.2, 0) is 11.8 Å². The van der Waals surface area contributed by atoms with E-state index in [1.165, 1.54) is 4.90 Å². The van der Waals surface area contributed by atoms with Crippen LogP contribution >= 0.6 is 0 Å². The molecule has 1 atom stereocenters. The third-order valence-corrected chi connectivity index (χ3v) is 3.77. The average Bonchev–Trinajstić information content (AvgIpc) is 2.82. The highest BCUT2D eigenvalue weighted by atomic mass is 16.5. The first-order valence-electron chi connectivity index (χ1n) is 6.96. The first-order chi connectivity index (χ1) is 10.6. The normalized spacial score (nSPS) is 17.3. The second kappa shape index (κ2) is 5.55. The van der Waals surface area contributed by atoms with Gasteiger partial charge < -0.3 is 19.3 Å². The zero-order valence-corrected chi connectivity index (χ0v) is 12.1. The second-order valence-corrected chi connectivity index (χ2v) is 5.13. The minimum Gasteiger partial charge on any atom is -0.491 e. The molecule has 1 aromatic heterocycles. The molecule has 1 aromatic carbocycles. The summed E-state index contributed by atoms with van der Waals surface area (Å²) in [5, 5.41) is 9.64. The number of carboxylic acids is 1. The lowest BCUT2D eigenvalue weighted by molar-refractivity contribution is -0.142. The molecule has 1 aliphatic rings. The number of amides is 1. The fraction of sp³-hybridized carbons (Fsp3) is 0.250. The molecular formula is C16H16N2O4. The molecule has 0 saturated heterocycles. The van der Waals surface area contributed by atoms with Crippen LogP contribution in [0.15, 0.2) is 42.6 Å². The van der Waals surface area contributed by atoms with Crippen molar-refractivity contribution >= 4 is 11.9 Å². The lowest BCUT2D eigenvalue weighted by Crippen LogP contribution is -2.40. The molecule has 2 aromatic rings. The van der Waals surface area contributed by atoms with Gasteiger partial charge in [0.15, 0.2) is 6.04 Å². The van der Waals surface area contributed by atoms with Crippen molar-refractivity contribution < 1.29 is 19.4 Å². The van der Waals surface area contributed by atoms with Gasteiger partial charge in [0.05, 0.1) is 6.54 Å². The van der Waals surface area contributed by atoms with E-state index in [1.807, 2.05) is 0 Å². The number of carboxylic acid groups (broad SMARTS) is 1. The van der Waals surface area contributed by atoms with Crippen molar-refractivity contribution in [2.45, 2.75) is 6.04 Å². The van der Waals surface area contributed by atoms with Crippen LogP contribution in [0, 0.1) is 0 Å². The summed E-state index contributed by atoms with van der Waals surface area (Å²) in [6.07, 6.45) is 1.76. The Bertz CT molecular complexity index is 722. The summed E-state index contributed by atoms with van der Waals surface area (Å²) in [6, 6.07) is 9.32. The Morgan fingerprint density at radius 3 is 2.68 bits per heavy atom. The van der Waals surface area contributed by atoms with Gasteiger partial charge >= 0.3 is 5.97 Å². The van der Waals surface area contributed by atoms with E-state index in [1.54, 1.807) is 54.2 Å². The number of aryl methyl sites for hydroxylation is 1. The van der Waals surface area contributed by atoms with Crippen LogP contribution in [-0.4, -0.2) is 39.6 Å². The summed E-state index contributed by atoms with van der Waals surface area (Å²) in [7, 11) is 1.76. The average molecular weight is 300 g/mol. The second-order valence-electron chi connectivity index (χ2n) is 5.13. The van der Waals surface area contributed by atoms with Gasteiger partial charge in [-0.2, -0.15) is 0 Å². The van der Waals surface area contributed by atoms with Gasteiger partial charge in [0.25, 0.3) is 5.91 Å². The van der Waals surface area contributed by atoms with Crippen molar-refractivity contribution in [1.82, 2.24) is 9.47 Å². The Labute approximate surface area is 127 Å². The van der Waals surface area contributed by atoms with Crippen LogP contribution in [0.1, 0.15) is 22.1 Å². The number of para-hydroxylation sites is 1.